The molecule has 0 heterocycles. The van der Waals surface area contributed by atoms with E-state index in [0.29, 0.717) is 0 Å². The van der Waals surface area contributed by atoms with Crippen LogP contribution in [0.3, 0.4) is 0 Å². The van der Waals surface area contributed by atoms with Crippen molar-refractivity contribution in [3.05, 3.63) is 26.9 Å². The van der Waals surface area contributed by atoms with E-state index in [1.165, 1.54) is 12.1 Å². The van der Waals surface area contributed by atoms with Crippen LogP contribution in [0.15, 0.2) is 26.0 Å². The standard InChI is InChI=1S/C6H2Br2ClFO2S/c7-3-1-2-4(13(9,11)12)5(8)6(3)10/h1-2H. The lowest BCUT2D eigenvalue weighted by atomic mass is 10.3. The molecule has 0 amide bonds. The molecule has 1 aromatic carbocycles. The Hall–Kier alpha value is 0.350. The van der Waals surface area contributed by atoms with Crippen LogP contribution >= 0.6 is 42.5 Å². The predicted molar refractivity (Wildman–Crippen MR) is 54.8 cm³/mol. The van der Waals surface area contributed by atoms with Crippen molar-refractivity contribution in [1.29, 1.82) is 0 Å². The Morgan fingerprint density at radius 3 is 2.31 bits per heavy atom. The van der Waals surface area contributed by atoms with Crippen molar-refractivity contribution in [2.75, 3.05) is 0 Å². The first-order chi connectivity index (χ1) is 5.84. The minimum atomic E-state index is -3.91. The van der Waals surface area contributed by atoms with Crippen LogP contribution in [-0.2, 0) is 9.05 Å². The maximum atomic E-state index is 13.1. The Kier molecular flexibility index (Phi) is 3.38. The molecule has 1 aromatic rings. The third-order valence-electron chi connectivity index (χ3n) is 1.26. The molecule has 0 unspecified atom stereocenters. The summed E-state index contributed by atoms with van der Waals surface area (Å²) < 4.78 is 34.8. The second-order valence-corrected chi connectivity index (χ2v) is 6.29. The Morgan fingerprint density at radius 1 is 1.31 bits per heavy atom. The average Bonchev–Trinajstić information content (AvgIpc) is 1.98. The van der Waals surface area contributed by atoms with Gasteiger partial charge in [0.2, 0.25) is 0 Å². The number of halogens is 4. The highest BCUT2D eigenvalue weighted by Gasteiger charge is 2.18. The van der Waals surface area contributed by atoms with E-state index in [9.17, 15) is 12.8 Å². The Bertz CT molecular complexity index is 446. The second-order valence-electron chi connectivity index (χ2n) is 2.11. The summed E-state index contributed by atoms with van der Waals surface area (Å²) in [5.74, 6) is -0.693. The lowest BCUT2D eigenvalue weighted by Crippen LogP contribution is -1.94. The largest absolute Gasteiger partial charge is 0.262 e. The molecule has 0 aliphatic carbocycles. The van der Waals surface area contributed by atoms with Gasteiger partial charge in [-0.2, -0.15) is 0 Å². The minimum absolute atomic E-state index is 0.170. The Balaban J connectivity index is 3.53. The van der Waals surface area contributed by atoms with Crippen molar-refractivity contribution >= 4 is 51.6 Å². The molecular weight excluding hydrogens is 350 g/mol. The molecule has 0 atom stereocenters. The second kappa shape index (κ2) is 3.84. The van der Waals surface area contributed by atoms with Crippen LogP contribution in [0.25, 0.3) is 0 Å². The fourth-order valence-corrected chi connectivity index (χ4v) is 3.48. The SMILES string of the molecule is O=S(=O)(Cl)c1ccc(Br)c(F)c1Br. The first kappa shape index (κ1) is 11.4. The monoisotopic (exact) mass is 350 g/mol. The van der Waals surface area contributed by atoms with Gasteiger partial charge >= 0.3 is 0 Å². The molecule has 0 aromatic heterocycles. The van der Waals surface area contributed by atoms with Gasteiger partial charge in [-0.25, -0.2) is 12.8 Å². The number of rotatable bonds is 1. The van der Waals surface area contributed by atoms with Crippen molar-refractivity contribution in [1.82, 2.24) is 0 Å². The van der Waals surface area contributed by atoms with Gasteiger partial charge in [0.25, 0.3) is 9.05 Å². The van der Waals surface area contributed by atoms with E-state index in [4.69, 9.17) is 10.7 Å². The molecule has 0 saturated carbocycles. The smallest absolute Gasteiger partial charge is 0.207 e. The van der Waals surface area contributed by atoms with Crippen LogP contribution in [0.1, 0.15) is 0 Å². The molecule has 0 N–H and O–H groups in total. The van der Waals surface area contributed by atoms with Gasteiger partial charge in [0.15, 0.2) is 5.82 Å². The lowest BCUT2D eigenvalue weighted by Gasteiger charge is -2.02. The lowest BCUT2D eigenvalue weighted by molar-refractivity contribution is 0.595. The van der Waals surface area contributed by atoms with Gasteiger partial charge in [-0.1, -0.05) is 0 Å². The summed E-state index contributed by atoms with van der Waals surface area (Å²) in [6.07, 6.45) is 0. The Labute approximate surface area is 95.8 Å². The van der Waals surface area contributed by atoms with E-state index in [1.54, 1.807) is 0 Å². The van der Waals surface area contributed by atoms with Crippen LogP contribution < -0.4 is 0 Å². The molecule has 2 nitrogen and oxygen atoms in total. The first-order valence-corrected chi connectivity index (χ1v) is 6.81. The zero-order valence-electron chi connectivity index (χ0n) is 5.89. The van der Waals surface area contributed by atoms with E-state index in [2.05, 4.69) is 31.9 Å². The molecule has 0 spiro atoms. The summed E-state index contributed by atoms with van der Waals surface area (Å²) in [7, 11) is 1.14. The number of benzene rings is 1. The third kappa shape index (κ3) is 2.43. The third-order valence-corrected chi connectivity index (χ3v) is 4.28. The molecule has 0 bridgehead atoms. The van der Waals surface area contributed by atoms with E-state index in [0.717, 1.165) is 0 Å². The summed E-state index contributed by atoms with van der Waals surface area (Å²) in [4.78, 5) is -0.283. The normalized spacial score (nSPS) is 11.7. The molecular formula is C6H2Br2ClFO2S. The Morgan fingerprint density at radius 2 is 1.85 bits per heavy atom. The van der Waals surface area contributed by atoms with Crippen LogP contribution in [0.5, 0.6) is 0 Å². The summed E-state index contributed by atoms with van der Waals surface area (Å²) >= 11 is 5.70. The van der Waals surface area contributed by atoms with Crippen molar-refractivity contribution in [3.63, 3.8) is 0 Å². The minimum Gasteiger partial charge on any atom is -0.207 e. The fourth-order valence-electron chi connectivity index (χ4n) is 0.696. The number of hydrogen-bond acceptors (Lipinski definition) is 2. The highest BCUT2D eigenvalue weighted by atomic mass is 79.9. The van der Waals surface area contributed by atoms with Gasteiger partial charge < -0.3 is 0 Å². The van der Waals surface area contributed by atoms with Crippen molar-refractivity contribution < 1.29 is 12.8 Å². The summed E-state index contributed by atoms with van der Waals surface area (Å²) in [5.41, 5.74) is 0. The van der Waals surface area contributed by atoms with Gasteiger partial charge in [-0.05, 0) is 44.0 Å². The van der Waals surface area contributed by atoms with Gasteiger partial charge in [0.05, 0.1) is 13.8 Å². The van der Waals surface area contributed by atoms with Crippen molar-refractivity contribution in [2.45, 2.75) is 4.90 Å². The average molecular weight is 352 g/mol. The maximum Gasteiger partial charge on any atom is 0.262 e. The summed E-state index contributed by atoms with van der Waals surface area (Å²) in [6, 6.07) is 2.48. The quantitative estimate of drug-likeness (QED) is 0.574. The van der Waals surface area contributed by atoms with Crippen LogP contribution in [0.4, 0.5) is 4.39 Å². The molecule has 1 rings (SSSR count). The highest BCUT2D eigenvalue weighted by molar-refractivity contribution is 9.11. The first-order valence-electron chi connectivity index (χ1n) is 2.92. The van der Waals surface area contributed by atoms with Gasteiger partial charge in [0.1, 0.15) is 0 Å². The van der Waals surface area contributed by atoms with Crippen LogP contribution in [-0.4, -0.2) is 8.42 Å². The molecule has 72 valence electrons. The van der Waals surface area contributed by atoms with E-state index in [-0.39, 0.29) is 13.8 Å². The number of hydrogen-bond donors (Lipinski definition) is 0. The molecule has 0 aliphatic heterocycles. The molecule has 0 fully saturated rings. The van der Waals surface area contributed by atoms with Gasteiger partial charge in [-0.15, -0.1) is 0 Å². The summed E-state index contributed by atoms with van der Waals surface area (Å²) in [6.45, 7) is 0. The van der Waals surface area contributed by atoms with Gasteiger partial charge in [-0.3, -0.25) is 0 Å². The van der Waals surface area contributed by atoms with Gasteiger partial charge in [0, 0.05) is 10.7 Å². The fraction of sp³-hybridized carbons (Fsp3) is 0. The highest BCUT2D eigenvalue weighted by Crippen LogP contribution is 2.31. The summed E-state index contributed by atoms with van der Waals surface area (Å²) in [5, 5.41) is 0. The maximum absolute atomic E-state index is 13.1. The van der Waals surface area contributed by atoms with Crippen molar-refractivity contribution in [3.8, 4) is 0 Å². The molecule has 0 aliphatic rings. The topological polar surface area (TPSA) is 34.1 Å². The molecule has 0 saturated heterocycles. The predicted octanol–water partition coefficient (Wildman–Crippen LogP) is 3.28. The zero-order chi connectivity index (χ0) is 10.2. The molecule has 7 heteroatoms. The van der Waals surface area contributed by atoms with Crippen LogP contribution in [0.2, 0.25) is 0 Å². The molecule has 13 heavy (non-hydrogen) atoms. The molecule has 0 radical (unpaired) electrons. The van der Waals surface area contributed by atoms with Crippen molar-refractivity contribution in [2.24, 2.45) is 0 Å². The van der Waals surface area contributed by atoms with E-state index in [1.807, 2.05) is 0 Å². The van der Waals surface area contributed by atoms with Crippen LogP contribution in [0, 0.1) is 5.82 Å². The van der Waals surface area contributed by atoms with E-state index < -0.39 is 14.9 Å². The zero-order valence-corrected chi connectivity index (χ0v) is 10.6. The van der Waals surface area contributed by atoms with E-state index >= 15 is 0 Å².